The van der Waals surface area contributed by atoms with Crippen LogP contribution in [-0.4, -0.2) is 51.0 Å². The predicted octanol–water partition coefficient (Wildman–Crippen LogP) is 1.80. The number of thioether (sulfide) groups is 1. The summed E-state index contributed by atoms with van der Waals surface area (Å²) in [6.07, 6.45) is 3.68. The second kappa shape index (κ2) is 7.04. The van der Waals surface area contributed by atoms with E-state index in [1.165, 1.54) is 16.7 Å². The zero-order chi connectivity index (χ0) is 17.0. The molecule has 0 aromatic carbocycles. The summed E-state index contributed by atoms with van der Waals surface area (Å²) in [6.45, 7) is 5.78. The largest absolute Gasteiger partial charge is 0.350 e. The normalized spacial score (nSPS) is 11.5. The minimum absolute atomic E-state index is 0.0546. The van der Waals surface area contributed by atoms with Crippen LogP contribution in [0.2, 0.25) is 0 Å². The standard InChI is InChI=1S/C16H22N4O2S/c1-16(2,3)18-13(21)10-19(4)14(22)11-23-15-17-9-12-7-5-6-8-20(12)15/h5-9H,10-11H2,1-4H3,(H,18,21). The van der Waals surface area contributed by atoms with Crippen molar-refractivity contribution in [1.82, 2.24) is 19.6 Å². The summed E-state index contributed by atoms with van der Waals surface area (Å²) in [6, 6.07) is 5.82. The van der Waals surface area contributed by atoms with Gasteiger partial charge in [-0.15, -0.1) is 0 Å². The highest BCUT2D eigenvalue weighted by Crippen LogP contribution is 2.18. The molecule has 2 aromatic rings. The van der Waals surface area contributed by atoms with Gasteiger partial charge in [-0.3, -0.25) is 14.0 Å². The summed E-state index contributed by atoms with van der Waals surface area (Å²) in [5, 5.41) is 3.61. The molecule has 7 heteroatoms. The van der Waals surface area contributed by atoms with Gasteiger partial charge in [-0.1, -0.05) is 17.8 Å². The molecule has 0 radical (unpaired) electrons. The Morgan fingerprint density at radius 2 is 2.09 bits per heavy atom. The molecule has 23 heavy (non-hydrogen) atoms. The van der Waals surface area contributed by atoms with Gasteiger partial charge in [-0.05, 0) is 32.9 Å². The van der Waals surface area contributed by atoms with Crippen molar-refractivity contribution in [2.24, 2.45) is 0 Å². The smallest absolute Gasteiger partial charge is 0.240 e. The fourth-order valence-corrected chi connectivity index (χ4v) is 2.93. The first-order chi connectivity index (χ1) is 10.8. The second-order valence-electron chi connectivity index (χ2n) is 6.37. The molecule has 0 unspecified atom stereocenters. The number of rotatable bonds is 5. The molecule has 0 bridgehead atoms. The molecule has 2 rings (SSSR count). The van der Waals surface area contributed by atoms with Crippen LogP contribution in [0.1, 0.15) is 20.8 Å². The molecule has 0 aliphatic rings. The van der Waals surface area contributed by atoms with E-state index in [0.717, 1.165) is 10.7 Å². The van der Waals surface area contributed by atoms with Crippen LogP contribution in [0.15, 0.2) is 35.7 Å². The Morgan fingerprint density at radius 3 is 2.78 bits per heavy atom. The first kappa shape index (κ1) is 17.3. The molecule has 2 aromatic heterocycles. The molecule has 2 heterocycles. The van der Waals surface area contributed by atoms with Crippen LogP contribution >= 0.6 is 11.8 Å². The summed E-state index contributed by atoms with van der Waals surface area (Å²) in [5.74, 6) is -0.0239. The number of carbonyl (C=O) groups excluding carboxylic acids is 2. The van der Waals surface area contributed by atoms with Crippen molar-refractivity contribution in [2.45, 2.75) is 31.5 Å². The van der Waals surface area contributed by atoms with Gasteiger partial charge >= 0.3 is 0 Å². The molecule has 0 fully saturated rings. The summed E-state index contributed by atoms with van der Waals surface area (Å²) >= 11 is 1.36. The first-order valence-electron chi connectivity index (χ1n) is 7.36. The monoisotopic (exact) mass is 334 g/mol. The van der Waals surface area contributed by atoms with E-state index < -0.39 is 0 Å². The van der Waals surface area contributed by atoms with Gasteiger partial charge in [-0.2, -0.15) is 0 Å². The second-order valence-corrected chi connectivity index (χ2v) is 7.32. The predicted molar refractivity (Wildman–Crippen MR) is 91.4 cm³/mol. The number of nitrogens with one attached hydrogen (secondary N) is 1. The van der Waals surface area contributed by atoms with Gasteiger partial charge in [0.15, 0.2) is 5.16 Å². The Kier molecular flexibility index (Phi) is 5.30. The zero-order valence-electron chi connectivity index (χ0n) is 13.9. The third-order valence-electron chi connectivity index (χ3n) is 3.05. The Morgan fingerprint density at radius 1 is 1.35 bits per heavy atom. The van der Waals surface area contributed by atoms with Crippen LogP contribution < -0.4 is 5.32 Å². The maximum absolute atomic E-state index is 12.2. The van der Waals surface area contributed by atoms with Crippen molar-refractivity contribution in [3.05, 3.63) is 30.6 Å². The van der Waals surface area contributed by atoms with Crippen molar-refractivity contribution in [3.8, 4) is 0 Å². The average molecular weight is 334 g/mol. The molecular formula is C16H22N4O2S. The molecule has 0 spiro atoms. The third kappa shape index (κ3) is 4.99. The number of carbonyl (C=O) groups is 2. The Bertz CT molecular complexity index is 705. The molecule has 0 saturated heterocycles. The topological polar surface area (TPSA) is 66.7 Å². The maximum Gasteiger partial charge on any atom is 0.240 e. The number of hydrogen-bond acceptors (Lipinski definition) is 4. The van der Waals surface area contributed by atoms with E-state index in [0.29, 0.717) is 0 Å². The van der Waals surface area contributed by atoms with E-state index in [2.05, 4.69) is 10.3 Å². The molecule has 6 nitrogen and oxygen atoms in total. The minimum atomic E-state index is -0.301. The average Bonchev–Trinajstić information content (AvgIpc) is 2.85. The molecule has 124 valence electrons. The number of likely N-dealkylation sites (N-methyl/N-ethyl adjacent to an activating group) is 1. The first-order valence-corrected chi connectivity index (χ1v) is 8.35. The van der Waals surface area contributed by atoms with Crippen LogP contribution in [0.5, 0.6) is 0 Å². The number of imidazole rings is 1. The van der Waals surface area contributed by atoms with E-state index in [1.54, 1.807) is 13.2 Å². The molecule has 1 N–H and O–H groups in total. The molecule has 0 aliphatic carbocycles. The Balaban J connectivity index is 1.88. The highest BCUT2D eigenvalue weighted by molar-refractivity contribution is 7.99. The van der Waals surface area contributed by atoms with E-state index in [9.17, 15) is 9.59 Å². The lowest BCUT2D eigenvalue weighted by Crippen LogP contribution is -2.46. The lowest BCUT2D eigenvalue weighted by Gasteiger charge is -2.23. The summed E-state index contributed by atoms with van der Waals surface area (Å²) in [4.78, 5) is 29.8. The van der Waals surface area contributed by atoms with E-state index in [4.69, 9.17) is 0 Å². The summed E-state index contributed by atoms with van der Waals surface area (Å²) < 4.78 is 1.93. The quantitative estimate of drug-likeness (QED) is 0.847. The minimum Gasteiger partial charge on any atom is -0.350 e. The zero-order valence-corrected chi connectivity index (χ0v) is 14.7. The molecule has 0 saturated carbocycles. The van der Waals surface area contributed by atoms with Gasteiger partial charge in [0.25, 0.3) is 0 Å². The maximum atomic E-state index is 12.2. The summed E-state index contributed by atoms with van der Waals surface area (Å²) in [7, 11) is 1.63. The Hall–Kier alpha value is -2.02. The van der Waals surface area contributed by atoms with Crippen molar-refractivity contribution >= 4 is 29.1 Å². The SMILES string of the molecule is CN(CC(=O)NC(C)(C)C)C(=O)CSc1ncc2ccccn12. The lowest BCUT2D eigenvalue weighted by atomic mass is 10.1. The van der Waals surface area contributed by atoms with Gasteiger partial charge in [0.05, 0.1) is 24.0 Å². The van der Waals surface area contributed by atoms with E-state index in [1.807, 2.05) is 49.6 Å². The molecule has 2 amide bonds. The summed E-state index contributed by atoms with van der Waals surface area (Å²) in [5.41, 5.74) is 0.685. The van der Waals surface area contributed by atoms with Gasteiger partial charge in [0.1, 0.15) is 0 Å². The molecule has 0 atom stereocenters. The van der Waals surface area contributed by atoms with Crippen molar-refractivity contribution in [2.75, 3.05) is 19.3 Å². The van der Waals surface area contributed by atoms with Crippen LogP contribution in [0.4, 0.5) is 0 Å². The van der Waals surface area contributed by atoms with Crippen LogP contribution in [-0.2, 0) is 9.59 Å². The van der Waals surface area contributed by atoms with Gasteiger partial charge in [-0.25, -0.2) is 4.98 Å². The number of aromatic nitrogens is 2. The number of fused-ring (bicyclic) bond motifs is 1. The van der Waals surface area contributed by atoms with Gasteiger partial charge in [0, 0.05) is 18.8 Å². The van der Waals surface area contributed by atoms with E-state index in [-0.39, 0.29) is 29.7 Å². The number of pyridine rings is 1. The fraction of sp³-hybridized carbons (Fsp3) is 0.438. The van der Waals surface area contributed by atoms with Crippen LogP contribution in [0, 0.1) is 0 Å². The van der Waals surface area contributed by atoms with Crippen molar-refractivity contribution in [1.29, 1.82) is 0 Å². The molecular weight excluding hydrogens is 312 g/mol. The number of hydrogen-bond donors (Lipinski definition) is 1. The molecule has 0 aliphatic heterocycles. The Labute approximate surface area is 140 Å². The fourth-order valence-electron chi connectivity index (χ4n) is 2.02. The van der Waals surface area contributed by atoms with Crippen LogP contribution in [0.3, 0.4) is 0 Å². The van der Waals surface area contributed by atoms with E-state index >= 15 is 0 Å². The lowest BCUT2D eigenvalue weighted by molar-refractivity contribution is -0.133. The number of amides is 2. The van der Waals surface area contributed by atoms with Crippen molar-refractivity contribution < 1.29 is 9.59 Å². The van der Waals surface area contributed by atoms with Gasteiger partial charge < -0.3 is 10.2 Å². The van der Waals surface area contributed by atoms with Crippen molar-refractivity contribution in [3.63, 3.8) is 0 Å². The highest BCUT2D eigenvalue weighted by atomic mass is 32.2. The van der Waals surface area contributed by atoms with Gasteiger partial charge in [0.2, 0.25) is 11.8 Å². The highest BCUT2D eigenvalue weighted by Gasteiger charge is 2.18. The van der Waals surface area contributed by atoms with Crippen LogP contribution in [0.25, 0.3) is 5.52 Å². The third-order valence-corrected chi connectivity index (χ3v) is 4.00. The number of nitrogens with zero attached hydrogens (tertiary/aromatic N) is 3.